The number of ether oxygens (including phenoxy) is 1. The van der Waals surface area contributed by atoms with Crippen molar-refractivity contribution in [2.75, 3.05) is 55.7 Å². The Hall–Kier alpha value is -2.67. The Kier molecular flexibility index (Phi) is 5.53. The van der Waals surface area contributed by atoms with Gasteiger partial charge in [-0.1, -0.05) is 24.3 Å². The summed E-state index contributed by atoms with van der Waals surface area (Å²) in [5, 5.41) is 0. The highest BCUT2D eigenvalue weighted by molar-refractivity contribution is 5.79. The van der Waals surface area contributed by atoms with Gasteiger partial charge in [0.1, 0.15) is 18.0 Å². The Balaban J connectivity index is 1.19. The van der Waals surface area contributed by atoms with Crippen molar-refractivity contribution in [3.8, 4) is 0 Å². The van der Waals surface area contributed by atoms with Crippen molar-refractivity contribution < 1.29 is 9.53 Å². The lowest BCUT2D eigenvalue weighted by atomic mass is 9.93. The lowest BCUT2D eigenvalue weighted by molar-refractivity contribution is -0.137. The Morgan fingerprint density at radius 2 is 1.57 bits per heavy atom. The first-order valence-electron chi connectivity index (χ1n) is 11.0. The summed E-state index contributed by atoms with van der Waals surface area (Å²) in [6.07, 6.45) is 4.39. The number of hydrogen-bond acceptors (Lipinski definition) is 6. The molecule has 0 N–H and O–H groups in total. The third kappa shape index (κ3) is 3.99. The molecular weight excluding hydrogens is 378 g/mol. The van der Waals surface area contributed by atoms with Crippen LogP contribution in [0.1, 0.15) is 24.0 Å². The molecule has 2 fully saturated rings. The number of nitrogens with zero attached hydrogens (tertiary/aromatic N) is 5. The van der Waals surface area contributed by atoms with Crippen LogP contribution in [0.5, 0.6) is 0 Å². The number of piperidine rings is 1. The number of carbonyl (C=O) groups is 1. The smallest absolute Gasteiger partial charge is 0.226 e. The molecule has 1 aromatic heterocycles. The number of fused-ring (bicyclic) bond motifs is 1. The SMILES string of the molecule is O=C(C1CCN(c2cc(N3CCOCC3)ncn2)CC1)N1CCc2ccccc2C1. The van der Waals surface area contributed by atoms with Crippen molar-refractivity contribution in [2.24, 2.45) is 5.92 Å². The summed E-state index contributed by atoms with van der Waals surface area (Å²) in [4.78, 5) is 28.7. The van der Waals surface area contributed by atoms with E-state index in [4.69, 9.17) is 4.74 Å². The minimum atomic E-state index is 0.118. The van der Waals surface area contributed by atoms with Gasteiger partial charge in [0.25, 0.3) is 0 Å². The predicted molar refractivity (Wildman–Crippen MR) is 116 cm³/mol. The van der Waals surface area contributed by atoms with Crippen LogP contribution in [0.25, 0.3) is 0 Å². The number of anilines is 2. The normalized spacial score (nSPS) is 20.2. The van der Waals surface area contributed by atoms with Gasteiger partial charge < -0.3 is 19.4 Å². The first kappa shape index (κ1) is 19.3. The van der Waals surface area contributed by atoms with E-state index < -0.39 is 0 Å². The summed E-state index contributed by atoms with van der Waals surface area (Å²) in [6.45, 7) is 6.54. The maximum Gasteiger partial charge on any atom is 0.226 e. The monoisotopic (exact) mass is 407 g/mol. The van der Waals surface area contributed by atoms with Gasteiger partial charge in [-0.15, -0.1) is 0 Å². The van der Waals surface area contributed by atoms with Crippen molar-refractivity contribution >= 4 is 17.5 Å². The number of rotatable bonds is 3. The summed E-state index contributed by atoms with van der Waals surface area (Å²) >= 11 is 0. The molecule has 158 valence electrons. The minimum Gasteiger partial charge on any atom is -0.378 e. The van der Waals surface area contributed by atoms with Crippen LogP contribution in [0, 0.1) is 5.92 Å². The molecule has 7 nitrogen and oxygen atoms in total. The molecule has 3 aliphatic heterocycles. The molecule has 5 rings (SSSR count). The zero-order valence-corrected chi connectivity index (χ0v) is 17.4. The Morgan fingerprint density at radius 1 is 0.900 bits per heavy atom. The van der Waals surface area contributed by atoms with Gasteiger partial charge >= 0.3 is 0 Å². The second-order valence-electron chi connectivity index (χ2n) is 8.37. The lowest BCUT2D eigenvalue weighted by Gasteiger charge is -2.36. The molecule has 0 atom stereocenters. The number of carbonyl (C=O) groups excluding carboxylic acids is 1. The fourth-order valence-corrected chi connectivity index (χ4v) is 4.77. The zero-order valence-electron chi connectivity index (χ0n) is 17.4. The van der Waals surface area contributed by atoms with E-state index in [-0.39, 0.29) is 5.92 Å². The van der Waals surface area contributed by atoms with Crippen LogP contribution in [0.3, 0.4) is 0 Å². The maximum absolute atomic E-state index is 13.1. The summed E-state index contributed by atoms with van der Waals surface area (Å²) in [5.41, 5.74) is 2.68. The molecule has 1 amide bonds. The second kappa shape index (κ2) is 8.60. The first-order valence-corrected chi connectivity index (χ1v) is 11.0. The molecule has 2 aromatic rings. The van der Waals surface area contributed by atoms with Crippen LogP contribution in [-0.4, -0.2) is 66.7 Å². The molecule has 3 aliphatic rings. The quantitative estimate of drug-likeness (QED) is 0.777. The van der Waals surface area contributed by atoms with Gasteiger partial charge in [-0.25, -0.2) is 9.97 Å². The van der Waals surface area contributed by atoms with E-state index in [1.165, 1.54) is 11.1 Å². The topological polar surface area (TPSA) is 61.8 Å². The van der Waals surface area contributed by atoms with Crippen LogP contribution in [-0.2, 0) is 22.5 Å². The highest BCUT2D eigenvalue weighted by atomic mass is 16.5. The van der Waals surface area contributed by atoms with Crippen molar-refractivity contribution in [1.82, 2.24) is 14.9 Å². The second-order valence-corrected chi connectivity index (χ2v) is 8.37. The first-order chi connectivity index (χ1) is 14.8. The number of morpholine rings is 1. The molecule has 2 saturated heterocycles. The summed E-state index contributed by atoms with van der Waals surface area (Å²) in [5.74, 6) is 2.37. The average molecular weight is 408 g/mol. The van der Waals surface area contributed by atoms with Gasteiger partial charge in [0.05, 0.1) is 13.2 Å². The predicted octanol–water partition coefficient (Wildman–Crippen LogP) is 2.11. The van der Waals surface area contributed by atoms with Crippen LogP contribution in [0.2, 0.25) is 0 Å². The van der Waals surface area contributed by atoms with Gasteiger partial charge in [0, 0.05) is 51.3 Å². The fourth-order valence-electron chi connectivity index (χ4n) is 4.77. The number of hydrogen-bond donors (Lipinski definition) is 0. The van der Waals surface area contributed by atoms with Gasteiger partial charge in [0.2, 0.25) is 5.91 Å². The molecule has 7 heteroatoms. The Morgan fingerprint density at radius 3 is 2.30 bits per heavy atom. The number of benzene rings is 1. The summed E-state index contributed by atoms with van der Waals surface area (Å²) in [7, 11) is 0. The molecule has 30 heavy (non-hydrogen) atoms. The summed E-state index contributed by atoms with van der Waals surface area (Å²) in [6, 6.07) is 10.6. The van der Waals surface area contributed by atoms with E-state index in [9.17, 15) is 4.79 Å². The minimum absolute atomic E-state index is 0.118. The Bertz CT molecular complexity index is 891. The molecule has 0 spiro atoms. The molecule has 0 saturated carbocycles. The highest BCUT2D eigenvalue weighted by Gasteiger charge is 2.31. The van der Waals surface area contributed by atoms with Gasteiger partial charge in [-0.3, -0.25) is 4.79 Å². The molecule has 0 aliphatic carbocycles. The molecule has 0 bridgehead atoms. The highest BCUT2D eigenvalue weighted by Crippen LogP contribution is 2.27. The van der Waals surface area contributed by atoms with E-state index in [0.29, 0.717) is 5.91 Å². The molecule has 0 radical (unpaired) electrons. The largest absolute Gasteiger partial charge is 0.378 e. The molecule has 1 aromatic carbocycles. The van der Waals surface area contributed by atoms with E-state index in [1.54, 1.807) is 6.33 Å². The molecule has 4 heterocycles. The third-order valence-corrected chi connectivity index (χ3v) is 6.58. The lowest BCUT2D eigenvalue weighted by Crippen LogP contribution is -2.44. The standard InChI is InChI=1S/C23H29N5O2/c29-23(28-10-5-18-3-1-2-4-20(18)16-28)19-6-8-26(9-7-19)21-15-22(25-17-24-21)27-11-13-30-14-12-27/h1-4,15,17,19H,5-14,16H2. The van der Waals surface area contributed by atoms with E-state index in [1.807, 2.05) is 0 Å². The summed E-state index contributed by atoms with van der Waals surface area (Å²) < 4.78 is 5.44. The van der Waals surface area contributed by atoms with Gasteiger partial charge in [-0.2, -0.15) is 0 Å². The van der Waals surface area contributed by atoms with Crippen LogP contribution >= 0.6 is 0 Å². The van der Waals surface area contributed by atoms with Crippen LogP contribution in [0.15, 0.2) is 36.7 Å². The van der Waals surface area contributed by atoms with Gasteiger partial charge in [0.15, 0.2) is 0 Å². The van der Waals surface area contributed by atoms with Crippen molar-refractivity contribution in [2.45, 2.75) is 25.8 Å². The third-order valence-electron chi connectivity index (χ3n) is 6.58. The molecule has 0 unspecified atom stereocenters. The van der Waals surface area contributed by atoms with Crippen LogP contribution in [0.4, 0.5) is 11.6 Å². The van der Waals surface area contributed by atoms with Crippen molar-refractivity contribution in [3.05, 3.63) is 47.8 Å². The zero-order chi connectivity index (χ0) is 20.3. The number of amides is 1. The Labute approximate surface area is 177 Å². The fraction of sp³-hybridized carbons (Fsp3) is 0.522. The van der Waals surface area contributed by atoms with Crippen molar-refractivity contribution in [3.63, 3.8) is 0 Å². The number of aromatic nitrogens is 2. The van der Waals surface area contributed by atoms with E-state index in [0.717, 1.165) is 83.4 Å². The average Bonchev–Trinajstić information content (AvgIpc) is 2.84. The van der Waals surface area contributed by atoms with Gasteiger partial charge in [-0.05, 0) is 30.4 Å². The van der Waals surface area contributed by atoms with E-state index in [2.05, 4.69) is 55.0 Å². The van der Waals surface area contributed by atoms with Crippen molar-refractivity contribution in [1.29, 1.82) is 0 Å². The van der Waals surface area contributed by atoms with E-state index >= 15 is 0 Å². The van der Waals surface area contributed by atoms with Crippen LogP contribution < -0.4 is 9.80 Å². The maximum atomic E-state index is 13.1. The molecular formula is C23H29N5O2.